The van der Waals surface area contributed by atoms with Gasteiger partial charge >= 0.3 is 0 Å². The molecule has 0 amide bonds. The molecule has 0 spiro atoms. The van der Waals surface area contributed by atoms with Crippen molar-refractivity contribution in [3.8, 4) is 10.8 Å². The Morgan fingerprint density at radius 1 is 1.48 bits per heavy atom. The summed E-state index contributed by atoms with van der Waals surface area (Å²) in [5.74, 6) is 0.0529. The molecule has 27 heavy (non-hydrogen) atoms. The fraction of sp³-hybridized carbons (Fsp3) is 0.357. The molecule has 0 aliphatic heterocycles. The second kappa shape index (κ2) is 6.41. The molecule has 0 saturated heterocycles. The van der Waals surface area contributed by atoms with Crippen molar-refractivity contribution in [2.75, 3.05) is 0 Å². The molecular weight excluding hydrogens is 488 g/mol. The van der Waals surface area contributed by atoms with Gasteiger partial charge in [-0.1, -0.05) is 22.9 Å². The second-order valence-corrected chi connectivity index (χ2v) is 9.75. The van der Waals surface area contributed by atoms with E-state index in [1.165, 1.54) is 10.6 Å². The van der Waals surface area contributed by atoms with Gasteiger partial charge in [0.05, 0.1) is 10.5 Å². The quantitative estimate of drug-likeness (QED) is 0.570. The van der Waals surface area contributed by atoms with Crippen LogP contribution in [0.15, 0.2) is 21.8 Å². The zero-order chi connectivity index (χ0) is 22.1. The smallest absolute Gasteiger partial charge is 0.291 e. The summed E-state index contributed by atoms with van der Waals surface area (Å²) in [7, 11) is -4.26. The lowest BCUT2D eigenvalue weighted by Gasteiger charge is -2.13. The molecule has 0 aromatic carbocycles. The number of pyridine rings is 1. The molecule has 1 aliphatic carbocycles. The number of fused-ring (bicyclic) bond motifs is 1. The molecule has 1 fully saturated rings. The highest BCUT2D eigenvalue weighted by atomic mass is 79.9. The molecule has 3 aromatic rings. The molecule has 13 heteroatoms. The van der Waals surface area contributed by atoms with Crippen molar-refractivity contribution in [3.63, 3.8) is 0 Å². The molecular formula is C14H11BrClF2N5O2S2. The van der Waals surface area contributed by atoms with Crippen LogP contribution >= 0.6 is 38.9 Å². The summed E-state index contributed by atoms with van der Waals surface area (Å²) in [6.07, 6.45) is -1.27. The van der Waals surface area contributed by atoms with Crippen LogP contribution in [0.2, 0.25) is 5.02 Å². The highest BCUT2D eigenvalue weighted by Gasteiger charge is 2.41. The average Bonchev–Trinajstić information content (AvgIpc) is 3.11. The molecule has 4 rings (SSSR count). The van der Waals surface area contributed by atoms with E-state index in [1.807, 2.05) is 0 Å². The Labute approximate surface area is 174 Å². The van der Waals surface area contributed by atoms with Gasteiger partial charge in [0.15, 0.2) is 15.8 Å². The van der Waals surface area contributed by atoms with Crippen LogP contribution in [0, 0.1) is 0 Å². The summed E-state index contributed by atoms with van der Waals surface area (Å²) in [5.41, 5.74) is -1.23. The topological polar surface area (TPSA) is 89.2 Å². The van der Waals surface area contributed by atoms with Gasteiger partial charge in [-0.3, -0.25) is 4.40 Å². The zero-order valence-electron chi connectivity index (χ0n) is 16.1. The molecule has 1 saturated carbocycles. The summed E-state index contributed by atoms with van der Waals surface area (Å²) in [4.78, 5) is 3.89. The number of hydrogen-bond donors (Lipinski definition) is 1. The minimum absolute atomic E-state index is 0.000768. The van der Waals surface area contributed by atoms with Crippen molar-refractivity contribution in [2.45, 2.75) is 36.6 Å². The fourth-order valence-corrected chi connectivity index (χ4v) is 5.45. The van der Waals surface area contributed by atoms with Crippen molar-refractivity contribution in [1.29, 1.82) is 0 Å². The maximum atomic E-state index is 12.9. The minimum atomic E-state index is -4.26. The van der Waals surface area contributed by atoms with E-state index < -0.39 is 33.8 Å². The molecule has 7 nitrogen and oxygen atoms in total. The Morgan fingerprint density at radius 2 is 2.22 bits per heavy atom. The lowest BCUT2D eigenvalue weighted by molar-refractivity contribution is 0.150. The van der Waals surface area contributed by atoms with Crippen molar-refractivity contribution in [1.82, 2.24) is 24.3 Å². The van der Waals surface area contributed by atoms with Gasteiger partial charge in [-0.15, -0.1) is 10.2 Å². The third-order valence-electron chi connectivity index (χ3n) is 3.83. The van der Waals surface area contributed by atoms with Crippen LogP contribution in [0.3, 0.4) is 0 Å². The number of sulfonamides is 1. The number of halogens is 4. The van der Waals surface area contributed by atoms with Crippen LogP contribution in [0.5, 0.6) is 0 Å². The first-order chi connectivity index (χ1) is 13.8. The normalized spacial score (nSPS) is 18.5. The number of aromatic nitrogens is 4. The lowest BCUT2D eigenvalue weighted by atomic mass is 10.4. The van der Waals surface area contributed by atoms with Crippen LogP contribution in [-0.4, -0.2) is 33.5 Å². The van der Waals surface area contributed by atoms with Crippen LogP contribution in [-0.2, 0) is 10.0 Å². The first-order valence-corrected chi connectivity index (χ1v) is 10.8. The molecule has 0 unspecified atom stereocenters. The Morgan fingerprint density at radius 3 is 2.81 bits per heavy atom. The van der Waals surface area contributed by atoms with Gasteiger partial charge in [0.1, 0.15) is 9.50 Å². The largest absolute Gasteiger partial charge is 0.294 e. The van der Waals surface area contributed by atoms with Gasteiger partial charge in [0, 0.05) is 15.8 Å². The third kappa shape index (κ3) is 3.48. The number of alkyl halides is 2. The van der Waals surface area contributed by atoms with Crippen molar-refractivity contribution in [3.05, 3.63) is 26.9 Å². The third-order valence-corrected chi connectivity index (χ3v) is 7.10. The molecule has 3 aromatic heterocycles. The maximum absolute atomic E-state index is 12.9. The number of nitrogens with one attached hydrogen (secondary N) is 1. The van der Waals surface area contributed by atoms with E-state index in [-0.39, 0.29) is 43.7 Å². The van der Waals surface area contributed by atoms with Gasteiger partial charge in [-0.2, -0.15) is 0 Å². The molecule has 1 N–H and O–H groups in total. The Kier molecular flexibility index (Phi) is 3.72. The van der Waals surface area contributed by atoms with Crippen LogP contribution < -0.4 is 4.72 Å². The summed E-state index contributed by atoms with van der Waals surface area (Å²) in [6, 6.07) is 1.16. The van der Waals surface area contributed by atoms with Crippen molar-refractivity contribution in [2.24, 2.45) is 0 Å². The summed E-state index contributed by atoms with van der Waals surface area (Å²) >= 11 is 10.1. The SMILES string of the molecule is [2H]C([2H])([2H])C1(NS(=O)(=O)c2cc(Cl)c3c(Br)nc(-c4nnc(C(F)F)s4)n3c2)CC1. The molecule has 3 heterocycles. The van der Waals surface area contributed by atoms with E-state index in [9.17, 15) is 17.2 Å². The summed E-state index contributed by atoms with van der Waals surface area (Å²) < 4.78 is 78.1. The maximum Gasteiger partial charge on any atom is 0.291 e. The van der Waals surface area contributed by atoms with E-state index in [2.05, 4.69) is 35.8 Å². The van der Waals surface area contributed by atoms with E-state index in [0.717, 1.165) is 6.07 Å². The first kappa shape index (κ1) is 15.7. The molecule has 1 aliphatic rings. The van der Waals surface area contributed by atoms with E-state index in [1.54, 1.807) is 0 Å². The van der Waals surface area contributed by atoms with Gasteiger partial charge in [-0.05, 0) is 41.7 Å². The second-order valence-electron chi connectivity index (χ2n) is 5.90. The number of nitrogens with zero attached hydrogens (tertiary/aromatic N) is 4. The highest BCUT2D eigenvalue weighted by Crippen LogP contribution is 2.38. The van der Waals surface area contributed by atoms with Crippen molar-refractivity contribution >= 4 is 54.4 Å². The first-order valence-electron chi connectivity index (χ1n) is 8.88. The van der Waals surface area contributed by atoms with Gasteiger partial charge in [0.2, 0.25) is 10.0 Å². The average molecular weight is 502 g/mol. The standard InChI is InChI=1S/C14H11BrClF2N5O2S2/c1-14(2-3-14)22-27(24,25)6-4-7(16)8-9(15)19-11(23(8)5-6)13-21-20-12(26-13)10(17)18/h4-5,10,22H,2-3H2,1H3/i1D3. The fourth-order valence-electron chi connectivity index (χ4n) is 2.36. The lowest BCUT2D eigenvalue weighted by Crippen LogP contribution is -2.34. The summed E-state index contributed by atoms with van der Waals surface area (Å²) in [6.45, 7) is -2.50. The van der Waals surface area contributed by atoms with Crippen molar-refractivity contribution < 1.29 is 21.3 Å². The molecule has 0 atom stereocenters. The highest BCUT2D eigenvalue weighted by molar-refractivity contribution is 9.10. The minimum Gasteiger partial charge on any atom is -0.294 e. The van der Waals surface area contributed by atoms with Gasteiger partial charge < -0.3 is 0 Å². The predicted octanol–water partition coefficient (Wildman–Crippen LogP) is 4.04. The monoisotopic (exact) mass is 500 g/mol. The number of hydrogen-bond acceptors (Lipinski definition) is 6. The van der Waals surface area contributed by atoms with E-state index in [4.69, 9.17) is 15.7 Å². The molecule has 0 bridgehead atoms. The van der Waals surface area contributed by atoms with Crippen LogP contribution in [0.25, 0.3) is 16.3 Å². The molecule has 0 radical (unpaired) electrons. The molecule has 144 valence electrons. The van der Waals surface area contributed by atoms with Crippen LogP contribution in [0.4, 0.5) is 8.78 Å². The number of imidazole rings is 1. The van der Waals surface area contributed by atoms with Gasteiger partial charge in [-0.25, -0.2) is 26.9 Å². The van der Waals surface area contributed by atoms with E-state index >= 15 is 0 Å². The number of rotatable bonds is 5. The van der Waals surface area contributed by atoms with Gasteiger partial charge in [0.25, 0.3) is 6.43 Å². The predicted molar refractivity (Wildman–Crippen MR) is 99.7 cm³/mol. The Bertz CT molecular complexity index is 1260. The van der Waals surface area contributed by atoms with Crippen LogP contribution in [0.1, 0.15) is 35.2 Å². The Hall–Kier alpha value is -1.21. The van der Waals surface area contributed by atoms with E-state index in [0.29, 0.717) is 11.3 Å². The Balaban J connectivity index is 1.83. The summed E-state index contributed by atoms with van der Waals surface area (Å²) in [5, 5.41) is 6.63. The zero-order valence-corrected chi connectivity index (χ0v) is 17.1.